The number of aryl methyl sites for hydroxylation is 2. The summed E-state index contributed by atoms with van der Waals surface area (Å²) in [5.74, 6) is 1.14. The van der Waals surface area contributed by atoms with E-state index in [9.17, 15) is 4.79 Å². The van der Waals surface area contributed by atoms with E-state index in [1.54, 1.807) is 28.9 Å². The van der Waals surface area contributed by atoms with E-state index in [1.807, 2.05) is 19.9 Å². The van der Waals surface area contributed by atoms with Crippen LogP contribution in [0, 0.1) is 13.8 Å². The zero-order valence-electron chi connectivity index (χ0n) is 15.7. The van der Waals surface area contributed by atoms with Crippen molar-refractivity contribution in [1.82, 2.24) is 14.8 Å². The van der Waals surface area contributed by atoms with Gasteiger partial charge in [-0.2, -0.15) is 5.10 Å². The summed E-state index contributed by atoms with van der Waals surface area (Å²) in [6.45, 7) is 4.81. The molecule has 29 heavy (non-hydrogen) atoms. The summed E-state index contributed by atoms with van der Waals surface area (Å²) in [6, 6.07) is 8.82. The number of benzene rings is 1. The minimum atomic E-state index is -0.625. The third kappa shape index (κ3) is 4.09. The second-order valence-electron chi connectivity index (χ2n) is 6.50. The fraction of sp³-hybridized carbons (Fsp3) is 0.250. The molecule has 1 aliphatic heterocycles. The smallest absolute Gasteiger partial charge is 0.358 e. The van der Waals surface area contributed by atoms with E-state index in [-0.39, 0.29) is 17.3 Å². The molecule has 9 heteroatoms. The first kappa shape index (κ1) is 19.7. The van der Waals surface area contributed by atoms with Crippen molar-refractivity contribution in [2.24, 2.45) is 0 Å². The lowest BCUT2D eigenvalue weighted by atomic mass is 10.2. The van der Waals surface area contributed by atoms with E-state index in [2.05, 4.69) is 26.0 Å². The van der Waals surface area contributed by atoms with Gasteiger partial charge in [0.1, 0.15) is 19.8 Å². The van der Waals surface area contributed by atoms with Gasteiger partial charge in [0.2, 0.25) is 0 Å². The van der Waals surface area contributed by atoms with Crippen molar-refractivity contribution in [2.45, 2.75) is 20.5 Å². The Hall–Kier alpha value is -2.58. The largest absolute Gasteiger partial charge is 0.486 e. The molecule has 0 radical (unpaired) electrons. The van der Waals surface area contributed by atoms with Crippen LogP contribution in [0.15, 0.2) is 34.8 Å². The maximum Gasteiger partial charge on any atom is 0.358 e. The zero-order valence-corrected chi connectivity index (χ0v) is 18.1. The molecule has 0 bridgehead atoms. The van der Waals surface area contributed by atoms with Crippen molar-refractivity contribution in [1.29, 1.82) is 0 Å². The first-order chi connectivity index (χ1) is 13.9. The molecule has 4 rings (SSSR count). The third-order valence-corrected chi connectivity index (χ3v) is 5.36. The van der Waals surface area contributed by atoms with Gasteiger partial charge >= 0.3 is 5.97 Å². The SMILES string of the molecule is Cc1cc(C)n(-c2ccc(Cl)c(C(=O)OCc3cc4c(cc3Br)OCCO4)n2)n1. The lowest BCUT2D eigenvalue weighted by Gasteiger charge is -2.20. The number of pyridine rings is 1. The van der Waals surface area contributed by atoms with Gasteiger partial charge in [0.05, 0.1) is 10.7 Å². The van der Waals surface area contributed by atoms with Gasteiger partial charge in [0.15, 0.2) is 23.0 Å². The van der Waals surface area contributed by atoms with Gasteiger partial charge in [-0.15, -0.1) is 0 Å². The fourth-order valence-corrected chi connectivity index (χ4v) is 3.60. The van der Waals surface area contributed by atoms with Crippen LogP contribution >= 0.6 is 27.5 Å². The Balaban J connectivity index is 1.55. The summed E-state index contributed by atoms with van der Waals surface area (Å²) in [4.78, 5) is 17.0. The number of carbonyl (C=O) groups is 1. The van der Waals surface area contributed by atoms with Gasteiger partial charge in [0, 0.05) is 15.7 Å². The van der Waals surface area contributed by atoms with Gasteiger partial charge in [0.25, 0.3) is 0 Å². The van der Waals surface area contributed by atoms with Crippen molar-refractivity contribution < 1.29 is 19.0 Å². The maximum atomic E-state index is 12.6. The molecular weight excluding hydrogens is 462 g/mol. The highest BCUT2D eigenvalue weighted by molar-refractivity contribution is 9.10. The summed E-state index contributed by atoms with van der Waals surface area (Å²) >= 11 is 9.66. The number of fused-ring (bicyclic) bond motifs is 1. The number of esters is 1. The summed E-state index contributed by atoms with van der Waals surface area (Å²) < 4.78 is 19.0. The molecule has 0 unspecified atom stereocenters. The van der Waals surface area contributed by atoms with Crippen molar-refractivity contribution in [3.8, 4) is 17.3 Å². The van der Waals surface area contributed by atoms with Crippen LogP contribution in [-0.4, -0.2) is 33.9 Å². The summed E-state index contributed by atoms with van der Waals surface area (Å²) in [5, 5.41) is 4.59. The number of hydrogen-bond donors (Lipinski definition) is 0. The molecule has 3 aromatic rings. The highest BCUT2D eigenvalue weighted by Crippen LogP contribution is 2.36. The van der Waals surface area contributed by atoms with Crippen molar-refractivity contribution in [3.63, 3.8) is 0 Å². The predicted molar refractivity (Wildman–Crippen MR) is 110 cm³/mol. The van der Waals surface area contributed by atoms with Crippen LogP contribution in [0.3, 0.4) is 0 Å². The van der Waals surface area contributed by atoms with Crippen LogP contribution in [-0.2, 0) is 11.3 Å². The fourth-order valence-electron chi connectivity index (χ4n) is 2.98. The topological polar surface area (TPSA) is 75.5 Å². The highest BCUT2D eigenvalue weighted by atomic mass is 79.9. The number of nitrogens with zero attached hydrogens (tertiary/aromatic N) is 3. The molecule has 0 amide bonds. The molecule has 3 heterocycles. The Morgan fingerprint density at radius 2 is 1.93 bits per heavy atom. The van der Waals surface area contributed by atoms with E-state index < -0.39 is 5.97 Å². The summed E-state index contributed by atoms with van der Waals surface area (Å²) in [7, 11) is 0. The van der Waals surface area contributed by atoms with Crippen molar-refractivity contribution in [2.75, 3.05) is 13.2 Å². The van der Waals surface area contributed by atoms with Crippen LogP contribution in [0.4, 0.5) is 0 Å². The van der Waals surface area contributed by atoms with Gasteiger partial charge in [-0.1, -0.05) is 27.5 Å². The molecule has 7 nitrogen and oxygen atoms in total. The van der Waals surface area contributed by atoms with E-state index >= 15 is 0 Å². The van der Waals surface area contributed by atoms with Crippen LogP contribution in [0.2, 0.25) is 5.02 Å². The van der Waals surface area contributed by atoms with E-state index in [0.717, 1.165) is 21.4 Å². The molecule has 0 fully saturated rings. The summed E-state index contributed by atoms with van der Waals surface area (Å²) in [6.07, 6.45) is 0. The summed E-state index contributed by atoms with van der Waals surface area (Å²) in [5.41, 5.74) is 2.53. The van der Waals surface area contributed by atoms with Crippen molar-refractivity contribution in [3.05, 3.63) is 62.5 Å². The molecule has 0 saturated heterocycles. The molecular formula is C20H17BrClN3O4. The molecule has 0 aliphatic carbocycles. The lowest BCUT2D eigenvalue weighted by molar-refractivity contribution is 0.0464. The van der Waals surface area contributed by atoms with E-state index in [4.69, 9.17) is 25.8 Å². The maximum absolute atomic E-state index is 12.6. The minimum absolute atomic E-state index is 0.0260. The van der Waals surface area contributed by atoms with E-state index in [1.165, 1.54) is 0 Å². The van der Waals surface area contributed by atoms with Gasteiger partial charge in [-0.05, 0) is 44.2 Å². The third-order valence-electron chi connectivity index (χ3n) is 4.32. The van der Waals surface area contributed by atoms with E-state index in [0.29, 0.717) is 30.5 Å². The second-order valence-corrected chi connectivity index (χ2v) is 7.76. The molecule has 0 saturated carbocycles. The monoisotopic (exact) mass is 477 g/mol. The molecule has 1 aliphatic rings. The van der Waals surface area contributed by atoms with Crippen LogP contribution in [0.25, 0.3) is 5.82 Å². The predicted octanol–water partition coefficient (Wildman–Crippen LogP) is 4.43. The Bertz CT molecular complexity index is 1100. The van der Waals surface area contributed by atoms with Gasteiger partial charge in [-0.3, -0.25) is 0 Å². The lowest BCUT2D eigenvalue weighted by Crippen LogP contribution is -2.16. The average Bonchev–Trinajstić information content (AvgIpc) is 3.04. The van der Waals surface area contributed by atoms with Crippen LogP contribution in [0.1, 0.15) is 27.4 Å². The number of ether oxygens (including phenoxy) is 3. The second kappa shape index (κ2) is 8.04. The molecule has 150 valence electrons. The number of aromatic nitrogens is 3. The first-order valence-electron chi connectivity index (χ1n) is 8.87. The normalized spacial score (nSPS) is 12.7. The quantitative estimate of drug-likeness (QED) is 0.517. The van der Waals surface area contributed by atoms with Gasteiger partial charge in [-0.25, -0.2) is 14.5 Å². The zero-order chi connectivity index (χ0) is 20.5. The molecule has 0 atom stereocenters. The Labute approximate surface area is 180 Å². The Morgan fingerprint density at radius 3 is 2.62 bits per heavy atom. The van der Waals surface area contributed by atoms with Gasteiger partial charge < -0.3 is 14.2 Å². The standard InChI is InChI=1S/C20H17BrClN3O4/c1-11-7-12(2)25(24-11)18-4-3-15(22)19(23-18)20(26)29-10-13-8-16-17(9-14(13)21)28-6-5-27-16/h3-4,7-9H,5-6,10H2,1-2H3. The average molecular weight is 479 g/mol. The first-order valence-corrected chi connectivity index (χ1v) is 10.0. The minimum Gasteiger partial charge on any atom is -0.486 e. The number of halogens is 2. The van der Waals surface area contributed by atoms with Crippen LogP contribution in [0.5, 0.6) is 11.5 Å². The Morgan fingerprint density at radius 1 is 1.21 bits per heavy atom. The van der Waals surface area contributed by atoms with Crippen LogP contribution < -0.4 is 9.47 Å². The number of hydrogen-bond acceptors (Lipinski definition) is 6. The number of carbonyl (C=O) groups excluding carboxylic acids is 1. The molecule has 0 spiro atoms. The molecule has 2 aromatic heterocycles. The number of rotatable bonds is 4. The Kier molecular flexibility index (Phi) is 5.47. The molecule has 0 N–H and O–H groups in total. The highest BCUT2D eigenvalue weighted by Gasteiger charge is 2.19. The molecule has 1 aromatic carbocycles. The van der Waals surface area contributed by atoms with Crippen molar-refractivity contribution >= 4 is 33.5 Å².